The van der Waals surface area contributed by atoms with Crippen LogP contribution in [0.1, 0.15) is 44.1 Å². The van der Waals surface area contributed by atoms with E-state index in [1.165, 1.54) is 0 Å². The fourth-order valence-electron chi connectivity index (χ4n) is 2.05. The molecule has 2 rings (SSSR count). The SMILES string of the molecule is CCC(C)(C)c1ccc(S(=O)(=O)NCc2cnc(C)cn2)cc1. The zero-order valence-corrected chi connectivity index (χ0v) is 14.8. The molecule has 0 aliphatic carbocycles. The van der Waals surface area contributed by atoms with E-state index in [1.54, 1.807) is 24.5 Å². The Morgan fingerprint density at radius 2 is 1.74 bits per heavy atom. The maximum Gasteiger partial charge on any atom is 0.240 e. The van der Waals surface area contributed by atoms with Gasteiger partial charge in [0.25, 0.3) is 0 Å². The van der Waals surface area contributed by atoms with Gasteiger partial charge in [-0.3, -0.25) is 9.97 Å². The Morgan fingerprint density at radius 3 is 2.26 bits per heavy atom. The van der Waals surface area contributed by atoms with Crippen molar-refractivity contribution in [2.24, 2.45) is 0 Å². The van der Waals surface area contributed by atoms with Crippen LogP contribution in [0.2, 0.25) is 0 Å². The van der Waals surface area contributed by atoms with Crippen LogP contribution in [0, 0.1) is 6.92 Å². The van der Waals surface area contributed by atoms with Crippen molar-refractivity contribution < 1.29 is 8.42 Å². The van der Waals surface area contributed by atoms with Crippen molar-refractivity contribution in [2.75, 3.05) is 0 Å². The molecule has 0 spiro atoms. The van der Waals surface area contributed by atoms with E-state index in [1.807, 2.05) is 19.1 Å². The summed E-state index contributed by atoms with van der Waals surface area (Å²) >= 11 is 0. The Labute approximate surface area is 138 Å². The van der Waals surface area contributed by atoms with E-state index in [2.05, 4.69) is 35.5 Å². The van der Waals surface area contributed by atoms with Crippen LogP contribution in [0.5, 0.6) is 0 Å². The number of sulfonamides is 1. The number of nitrogens with zero attached hydrogens (tertiary/aromatic N) is 2. The van der Waals surface area contributed by atoms with Gasteiger partial charge >= 0.3 is 0 Å². The predicted molar refractivity (Wildman–Crippen MR) is 90.6 cm³/mol. The third-order valence-electron chi connectivity index (χ3n) is 4.11. The molecule has 2 aromatic rings. The highest BCUT2D eigenvalue weighted by molar-refractivity contribution is 7.89. The second-order valence-electron chi connectivity index (χ2n) is 6.24. The van der Waals surface area contributed by atoms with Gasteiger partial charge in [-0.25, -0.2) is 13.1 Å². The zero-order chi connectivity index (χ0) is 17.1. The fraction of sp³-hybridized carbons (Fsp3) is 0.412. The van der Waals surface area contributed by atoms with E-state index in [4.69, 9.17) is 0 Å². The molecule has 0 unspecified atom stereocenters. The van der Waals surface area contributed by atoms with E-state index >= 15 is 0 Å². The molecule has 23 heavy (non-hydrogen) atoms. The molecule has 0 saturated carbocycles. The lowest BCUT2D eigenvalue weighted by Crippen LogP contribution is -2.24. The number of rotatable bonds is 6. The van der Waals surface area contributed by atoms with Crippen molar-refractivity contribution in [2.45, 2.75) is 51.0 Å². The van der Waals surface area contributed by atoms with Gasteiger partial charge in [-0.2, -0.15) is 0 Å². The molecule has 0 atom stereocenters. The molecular weight excluding hydrogens is 310 g/mol. The first-order valence-corrected chi connectivity index (χ1v) is 9.10. The van der Waals surface area contributed by atoms with E-state index in [9.17, 15) is 8.42 Å². The molecule has 5 nitrogen and oxygen atoms in total. The van der Waals surface area contributed by atoms with E-state index < -0.39 is 10.0 Å². The van der Waals surface area contributed by atoms with Crippen LogP contribution < -0.4 is 4.72 Å². The highest BCUT2D eigenvalue weighted by Crippen LogP contribution is 2.27. The van der Waals surface area contributed by atoms with Crippen LogP contribution in [0.15, 0.2) is 41.6 Å². The van der Waals surface area contributed by atoms with E-state index in [-0.39, 0.29) is 16.9 Å². The average molecular weight is 333 g/mol. The van der Waals surface area contributed by atoms with Crippen LogP contribution in [-0.2, 0) is 22.0 Å². The van der Waals surface area contributed by atoms with Crippen LogP contribution in [0.25, 0.3) is 0 Å². The summed E-state index contributed by atoms with van der Waals surface area (Å²) in [6, 6.07) is 7.05. The van der Waals surface area contributed by atoms with Gasteiger partial charge in [-0.1, -0.05) is 32.9 Å². The predicted octanol–water partition coefficient (Wildman–Crippen LogP) is 2.95. The quantitative estimate of drug-likeness (QED) is 0.882. The minimum atomic E-state index is -3.56. The van der Waals surface area contributed by atoms with Gasteiger partial charge in [0.1, 0.15) is 0 Å². The van der Waals surface area contributed by atoms with Gasteiger partial charge in [0.15, 0.2) is 0 Å². The number of nitrogens with one attached hydrogen (secondary N) is 1. The number of benzene rings is 1. The van der Waals surface area contributed by atoms with Crippen molar-refractivity contribution in [3.8, 4) is 0 Å². The molecule has 1 aromatic heterocycles. The molecule has 0 amide bonds. The molecule has 6 heteroatoms. The molecule has 1 heterocycles. The first kappa shape index (κ1) is 17.6. The number of hydrogen-bond donors (Lipinski definition) is 1. The Hall–Kier alpha value is -1.79. The largest absolute Gasteiger partial charge is 0.258 e. The van der Waals surface area contributed by atoms with Crippen molar-refractivity contribution in [1.29, 1.82) is 0 Å². The van der Waals surface area contributed by atoms with Crippen molar-refractivity contribution in [1.82, 2.24) is 14.7 Å². The first-order chi connectivity index (χ1) is 10.7. The summed E-state index contributed by atoms with van der Waals surface area (Å²) in [6.07, 6.45) is 4.18. The van der Waals surface area contributed by atoms with Gasteiger partial charge in [0.2, 0.25) is 10.0 Å². The summed E-state index contributed by atoms with van der Waals surface area (Å²) in [5, 5.41) is 0. The maximum atomic E-state index is 12.3. The molecular formula is C17H23N3O2S. The minimum Gasteiger partial charge on any atom is -0.258 e. The summed E-state index contributed by atoms with van der Waals surface area (Å²) in [7, 11) is -3.56. The van der Waals surface area contributed by atoms with E-state index in [0.717, 1.165) is 17.7 Å². The lowest BCUT2D eigenvalue weighted by atomic mass is 9.82. The molecule has 1 N–H and O–H groups in total. The maximum absolute atomic E-state index is 12.3. The molecule has 0 fully saturated rings. The van der Waals surface area contributed by atoms with Gasteiger partial charge in [-0.15, -0.1) is 0 Å². The third kappa shape index (κ3) is 4.36. The van der Waals surface area contributed by atoms with Gasteiger partial charge in [0.05, 0.1) is 29.0 Å². The fourth-order valence-corrected chi connectivity index (χ4v) is 3.05. The van der Waals surface area contributed by atoms with Crippen molar-refractivity contribution in [3.05, 3.63) is 53.6 Å². The Morgan fingerprint density at radius 1 is 1.09 bits per heavy atom. The second kappa shape index (κ2) is 6.76. The normalized spacial score (nSPS) is 12.3. The van der Waals surface area contributed by atoms with E-state index in [0.29, 0.717) is 5.69 Å². The van der Waals surface area contributed by atoms with Crippen LogP contribution >= 0.6 is 0 Å². The first-order valence-electron chi connectivity index (χ1n) is 7.62. The average Bonchev–Trinajstić information content (AvgIpc) is 2.54. The molecule has 0 radical (unpaired) electrons. The molecule has 0 aliphatic rings. The van der Waals surface area contributed by atoms with Crippen LogP contribution in [-0.4, -0.2) is 18.4 Å². The van der Waals surface area contributed by atoms with Gasteiger partial charge in [-0.05, 0) is 36.5 Å². The van der Waals surface area contributed by atoms with Crippen molar-refractivity contribution >= 4 is 10.0 Å². The summed E-state index contributed by atoms with van der Waals surface area (Å²) in [5.74, 6) is 0. The third-order valence-corrected chi connectivity index (χ3v) is 5.52. The Balaban J connectivity index is 2.11. The molecule has 0 saturated heterocycles. The summed E-state index contributed by atoms with van der Waals surface area (Å²) < 4.78 is 27.2. The summed E-state index contributed by atoms with van der Waals surface area (Å²) in [4.78, 5) is 8.50. The van der Waals surface area contributed by atoms with Crippen LogP contribution in [0.3, 0.4) is 0 Å². The molecule has 124 valence electrons. The second-order valence-corrected chi connectivity index (χ2v) is 8.00. The topological polar surface area (TPSA) is 72.0 Å². The number of hydrogen-bond acceptors (Lipinski definition) is 4. The summed E-state index contributed by atoms with van der Waals surface area (Å²) in [5.41, 5.74) is 2.55. The highest BCUT2D eigenvalue weighted by Gasteiger charge is 2.20. The van der Waals surface area contributed by atoms with Gasteiger partial charge < -0.3 is 0 Å². The molecule has 1 aromatic carbocycles. The molecule has 0 aliphatic heterocycles. The number of aryl methyl sites for hydroxylation is 1. The Bertz CT molecular complexity index is 751. The van der Waals surface area contributed by atoms with Crippen LogP contribution in [0.4, 0.5) is 0 Å². The Kier molecular flexibility index (Phi) is 5.16. The minimum absolute atomic E-state index is 0.0349. The lowest BCUT2D eigenvalue weighted by Gasteiger charge is -2.23. The summed E-state index contributed by atoms with van der Waals surface area (Å²) in [6.45, 7) is 8.36. The number of aromatic nitrogens is 2. The molecule has 0 bridgehead atoms. The monoisotopic (exact) mass is 333 g/mol. The highest BCUT2D eigenvalue weighted by atomic mass is 32.2. The standard InChI is InChI=1S/C17H23N3O2S/c1-5-17(3,4)14-6-8-16(9-7-14)23(21,22)20-12-15-11-18-13(2)10-19-15/h6-11,20H,5,12H2,1-4H3. The zero-order valence-electron chi connectivity index (χ0n) is 14.0. The van der Waals surface area contributed by atoms with Crippen molar-refractivity contribution in [3.63, 3.8) is 0 Å². The lowest BCUT2D eigenvalue weighted by molar-refractivity contribution is 0.505. The smallest absolute Gasteiger partial charge is 0.240 e. The van der Waals surface area contributed by atoms with Gasteiger partial charge in [0, 0.05) is 6.20 Å².